The summed E-state index contributed by atoms with van der Waals surface area (Å²) in [5.41, 5.74) is 1.14. The number of carbonyl (C=O) groups excluding carboxylic acids is 3. The molecule has 3 heterocycles. The fraction of sp³-hybridized carbons (Fsp3) is 0.303. The van der Waals surface area contributed by atoms with Gasteiger partial charge < -0.3 is 19.6 Å². The Morgan fingerprint density at radius 3 is 2.06 bits per heavy atom. The predicted octanol–water partition coefficient (Wildman–Crippen LogP) is 6.86. The van der Waals surface area contributed by atoms with Crippen molar-refractivity contribution in [3.05, 3.63) is 96.8 Å². The van der Waals surface area contributed by atoms with Gasteiger partial charge in [0.15, 0.2) is 5.76 Å². The molecule has 4 rings (SSSR count). The van der Waals surface area contributed by atoms with Gasteiger partial charge in [-0.05, 0) is 89.6 Å². The van der Waals surface area contributed by atoms with E-state index in [1.54, 1.807) is 79.3 Å². The molecule has 2 amide bonds. The van der Waals surface area contributed by atoms with Crippen molar-refractivity contribution in [2.45, 2.75) is 64.9 Å². The Morgan fingerprint density at radius 1 is 0.936 bits per heavy atom. The SMILES string of the molecule is CC(C)(C)NC(=O)C(c1cccnc1)N(C(=O)c1ccco1)c1ccc(-c2cccn2C(=O)OC(C)(C)C)cc1.O=C(O)C(F)(F)F. The van der Waals surface area contributed by atoms with Gasteiger partial charge in [-0.15, -0.1) is 0 Å². The molecule has 0 fully saturated rings. The van der Waals surface area contributed by atoms with Crippen molar-refractivity contribution in [2.24, 2.45) is 0 Å². The largest absolute Gasteiger partial charge is 0.490 e. The van der Waals surface area contributed by atoms with Gasteiger partial charge in [0.1, 0.15) is 11.6 Å². The van der Waals surface area contributed by atoms with Gasteiger partial charge in [0.2, 0.25) is 5.91 Å². The Hall–Kier alpha value is -5.40. The second-order valence-electron chi connectivity index (χ2n) is 12.2. The molecule has 11 nitrogen and oxygen atoms in total. The lowest BCUT2D eigenvalue weighted by atomic mass is 10.0. The summed E-state index contributed by atoms with van der Waals surface area (Å²) in [7, 11) is 0. The van der Waals surface area contributed by atoms with Crippen LogP contribution in [0.25, 0.3) is 11.3 Å². The molecular formula is C33H35F3N4O7. The Bertz CT molecular complexity index is 1670. The molecule has 0 aliphatic carbocycles. The number of anilines is 1. The molecule has 0 bridgehead atoms. The number of carbonyl (C=O) groups is 4. The van der Waals surface area contributed by atoms with E-state index in [-0.39, 0.29) is 11.7 Å². The van der Waals surface area contributed by atoms with Crippen LogP contribution in [0.3, 0.4) is 0 Å². The van der Waals surface area contributed by atoms with Gasteiger partial charge in [-0.1, -0.05) is 18.2 Å². The van der Waals surface area contributed by atoms with Crippen LogP contribution in [0.4, 0.5) is 23.7 Å². The highest BCUT2D eigenvalue weighted by molar-refractivity contribution is 6.08. The number of rotatable bonds is 6. The summed E-state index contributed by atoms with van der Waals surface area (Å²) in [5, 5.41) is 10.1. The topological polar surface area (TPSA) is 144 Å². The fourth-order valence-electron chi connectivity index (χ4n) is 4.18. The Morgan fingerprint density at radius 2 is 1.57 bits per heavy atom. The van der Waals surface area contributed by atoms with E-state index in [0.717, 1.165) is 5.56 Å². The van der Waals surface area contributed by atoms with Crippen LogP contribution < -0.4 is 10.2 Å². The summed E-state index contributed by atoms with van der Waals surface area (Å²) in [6.45, 7) is 11.0. The maximum Gasteiger partial charge on any atom is 0.490 e. The van der Waals surface area contributed by atoms with E-state index >= 15 is 0 Å². The molecule has 1 aromatic carbocycles. The zero-order valence-electron chi connectivity index (χ0n) is 26.5. The molecule has 14 heteroatoms. The van der Waals surface area contributed by atoms with E-state index in [9.17, 15) is 27.6 Å². The number of hydrogen-bond donors (Lipinski definition) is 2. The molecule has 250 valence electrons. The number of nitrogens with zero attached hydrogens (tertiary/aromatic N) is 3. The number of benzene rings is 1. The van der Waals surface area contributed by atoms with Gasteiger partial charge in [0, 0.05) is 35.4 Å². The lowest BCUT2D eigenvalue weighted by Crippen LogP contribution is -2.49. The highest BCUT2D eigenvalue weighted by Gasteiger charge is 2.38. The lowest BCUT2D eigenvalue weighted by Gasteiger charge is -2.33. The van der Waals surface area contributed by atoms with Crippen LogP contribution in [0.15, 0.2) is 89.9 Å². The number of aromatic nitrogens is 2. The van der Waals surface area contributed by atoms with Crippen LogP contribution in [0, 0.1) is 0 Å². The molecule has 1 unspecified atom stereocenters. The molecule has 1 atom stereocenters. The summed E-state index contributed by atoms with van der Waals surface area (Å²) in [5.74, 6) is -3.54. The molecule has 3 aromatic heterocycles. The molecule has 0 aliphatic rings. The molecular weight excluding hydrogens is 621 g/mol. The van der Waals surface area contributed by atoms with Crippen molar-refractivity contribution in [1.29, 1.82) is 0 Å². The first-order valence-electron chi connectivity index (χ1n) is 14.2. The minimum atomic E-state index is -5.08. The molecule has 0 aliphatic heterocycles. The number of hydrogen-bond acceptors (Lipinski definition) is 7. The smallest absolute Gasteiger partial charge is 0.475 e. The van der Waals surface area contributed by atoms with Crippen molar-refractivity contribution >= 4 is 29.6 Å². The van der Waals surface area contributed by atoms with Crippen LogP contribution in [-0.4, -0.2) is 55.9 Å². The van der Waals surface area contributed by atoms with E-state index in [1.807, 2.05) is 41.5 Å². The number of carboxylic acids is 1. The maximum absolute atomic E-state index is 13.8. The number of carboxylic acid groups (broad SMARTS) is 1. The first-order valence-corrected chi connectivity index (χ1v) is 14.2. The van der Waals surface area contributed by atoms with E-state index in [4.69, 9.17) is 19.1 Å². The maximum atomic E-state index is 13.8. The summed E-state index contributed by atoms with van der Waals surface area (Å²) >= 11 is 0. The Balaban J connectivity index is 0.000000771. The molecule has 0 spiro atoms. The fourth-order valence-corrected chi connectivity index (χ4v) is 4.18. The van der Waals surface area contributed by atoms with Gasteiger partial charge in [-0.3, -0.25) is 24.0 Å². The number of nitrogens with one attached hydrogen (secondary N) is 1. The van der Waals surface area contributed by atoms with Gasteiger partial charge in [-0.25, -0.2) is 9.59 Å². The second kappa shape index (κ2) is 14.4. The second-order valence-corrected chi connectivity index (χ2v) is 12.2. The number of ether oxygens (including phenoxy) is 1. The van der Waals surface area contributed by atoms with E-state index in [1.165, 1.54) is 15.7 Å². The average molecular weight is 657 g/mol. The van der Waals surface area contributed by atoms with Gasteiger partial charge in [0.25, 0.3) is 5.91 Å². The van der Waals surface area contributed by atoms with Crippen LogP contribution >= 0.6 is 0 Å². The summed E-state index contributed by atoms with van der Waals surface area (Å²) in [6.07, 6.45) is 0.640. The quantitative estimate of drug-likeness (QED) is 0.229. The Labute approximate surface area is 269 Å². The first-order chi connectivity index (χ1) is 21.8. The number of furan rings is 1. The minimum absolute atomic E-state index is 0.0836. The molecule has 0 saturated carbocycles. The number of alkyl halides is 3. The zero-order valence-corrected chi connectivity index (χ0v) is 26.5. The predicted molar refractivity (Wildman–Crippen MR) is 166 cm³/mol. The average Bonchev–Trinajstić information content (AvgIpc) is 3.67. The van der Waals surface area contributed by atoms with Crippen molar-refractivity contribution in [2.75, 3.05) is 4.90 Å². The minimum Gasteiger partial charge on any atom is -0.475 e. The van der Waals surface area contributed by atoms with Crippen LogP contribution in [0.1, 0.15) is 63.7 Å². The molecule has 0 saturated heterocycles. The first kappa shape index (κ1) is 36.1. The highest BCUT2D eigenvalue weighted by atomic mass is 19.4. The standard InChI is InChI=1S/C31H34N4O5.C2HF3O2/c1-30(2,3)33-27(36)26(22-10-7-17-32-20-22)35(28(37)25-12-9-19-39-25)23-15-13-21(14-16-23)24-11-8-18-34(24)29(38)40-31(4,5)6;3-2(4,5)1(6)7/h7-20,26H,1-6H3,(H,33,36);(H,6,7). The van der Waals surface area contributed by atoms with Gasteiger partial charge in [0.05, 0.1) is 12.0 Å². The molecule has 0 radical (unpaired) electrons. The monoisotopic (exact) mass is 656 g/mol. The van der Waals surface area contributed by atoms with Crippen LogP contribution in [0.2, 0.25) is 0 Å². The number of halogens is 3. The van der Waals surface area contributed by atoms with E-state index in [2.05, 4.69) is 10.3 Å². The third-order valence-electron chi connectivity index (χ3n) is 5.98. The molecule has 4 aromatic rings. The lowest BCUT2D eigenvalue weighted by molar-refractivity contribution is -0.192. The van der Waals surface area contributed by atoms with E-state index < -0.39 is 41.3 Å². The van der Waals surface area contributed by atoms with Crippen molar-refractivity contribution in [1.82, 2.24) is 14.9 Å². The molecule has 2 N–H and O–H groups in total. The number of pyridine rings is 1. The van der Waals surface area contributed by atoms with Crippen LogP contribution in [-0.2, 0) is 14.3 Å². The third kappa shape index (κ3) is 10.0. The van der Waals surface area contributed by atoms with Gasteiger partial charge in [-0.2, -0.15) is 13.2 Å². The Kier molecular flexibility index (Phi) is 11.0. The van der Waals surface area contributed by atoms with Crippen molar-refractivity contribution < 1.29 is 46.6 Å². The summed E-state index contributed by atoms with van der Waals surface area (Å²) < 4.78 is 44.1. The normalized spacial score (nSPS) is 12.3. The van der Waals surface area contributed by atoms with Crippen molar-refractivity contribution in [3.8, 4) is 11.3 Å². The summed E-state index contributed by atoms with van der Waals surface area (Å²) in [4.78, 5) is 54.8. The third-order valence-corrected chi connectivity index (χ3v) is 5.98. The van der Waals surface area contributed by atoms with Crippen LogP contribution in [0.5, 0.6) is 0 Å². The number of aliphatic carboxylic acids is 1. The zero-order chi connectivity index (χ0) is 35.2. The van der Waals surface area contributed by atoms with Crippen molar-refractivity contribution in [3.63, 3.8) is 0 Å². The van der Waals surface area contributed by atoms with Gasteiger partial charge >= 0.3 is 18.2 Å². The highest BCUT2D eigenvalue weighted by Crippen LogP contribution is 2.32. The van der Waals surface area contributed by atoms with E-state index in [0.29, 0.717) is 16.9 Å². The summed E-state index contributed by atoms with van der Waals surface area (Å²) in [6, 6.07) is 16.2. The number of amides is 2. The molecule has 47 heavy (non-hydrogen) atoms.